The summed E-state index contributed by atoms with van der Waals surface area (Å²) in [5.41, 5.74) is 13.1. The van der Waals surface area contributed by atoms with Crippen molar-refractivity contribution in [3.05, 3.63) is 42.7 Å². The molecule has 112 valence electrons. The zero-order valence-electron chi connectivity index (χ0n) is 11.9. The molecule has 0 saturated heterocycles. The van der Waals surface area contributed by atoms with Gasteiger partial charge in [0.2, 0.25) is 5.52 Å². The van der Waals surface area contributed by atoms with E-state index in [-0.39, 0.29) is 0 Å². The van der Waals surface area contributed by atoms with Gasteiger partial charge in [-0.15, -0.1) is 0 Å². The number of aromatic amines is 1. The van der Waals surface area contributed by atoms with E-state index in [0.29, 0.717) is 11.4 Å². The van der Waals surface area contributed by atoms with Gasteiger partial charge in [-0.05, 0) is 6.07 Å². The van der Waals surface area contributed by atoms with E-state index in [1.807, 2.05) is 27.7 Å². The van der Waals surface area contributed by atoms with Crippen LogP contribution in [0.25, 0.3) is 11.2 Å². The molecule has 0 aliphatic carbocycles. The second-order valence-corrected chi connectivity index (χ2v) is 4.97. The second kappa shape index (κ2) is 5.76. The van der Waals surface area contributed by atoms with Gasteiger partial charge in [-0.2, -0.15) is 4.98 Å². The van der Waals surface area contributed by atoms with Crippen molar-refractivity contribution >= 4 is 22.9 Å². The van der Waals surface area contributed by atoms with Gasteiger partial charge in [0, 0.05) is 12.5 Å². The molecule has 0 radical (unpaired) electrons. The Kier molecular flexibility index (Phi) is 3.65. The molecule has 3 aromatic rings. The number of rotatable bonds is 5. The van der Waals surface area contributed by atoms with Gasteiger partial charge >= 0.3 is 5.65 Å². The Bertz CT molecular complexity index is 827. The van der Waals surface area contributed by atoms with Crippen LogP contribution in [0.15, 0.2) is 37.2 Å². The number of fused-ring (bicyclic) bond motifs is 1. The molecule has 5 N–H and O–H groups in total. The van der Waals surface area contributed by atoms with Crippen LogP contribution in [0, 0.1) is 0 Å². The molecule has 8 heteroatoms. The fourth-order valence-electron chi connectivity index (χ4n) is 2.35. The van der Waals surface area contributed by atoms with Crippen LogP contribution in [-0.4, -0.2) is 20.9 Å². The number of nitrogens with two attached hydrogens (primary N) is 2. The number of anilines is 1. The van der Waals surface area contributed by atoms with Crippen molar-refractivity contribution in [2.45, 2.75) is 19.5 Å². The number of carbonyl (C=O) groups excluding carboxylic acids is 1. The monoisotopic (exact) mass is 299 g/mol. The lowest BCUT2D eigenvalue weighted by molar-refractivity contribution is -0.717. The van der Waals surface area contributed by atoms with Gasteiger partial charge in [0.25, 0.3) is 5.91 Å². The molecular weight excluding hydrogens is 282 g/mol. The number of aryl methyl sites for hydroxylation is 2. The Morgan fingerprint density at radius 2 is 2.18 bits per heavy atom. The third-order valence-electron chi connectivity index (χ3n) is 3.45. The number of primary amides is 1. The summed E-state index contributed by atoms with van der Waals surface area (Å²) in [6.45, 7) is 1.53. The highest BCUT2D eigenvalue weighted by Crippen LogP contribution is 2.09. The lowest BCUT2D eigenvalue weighted by Gasteiger charge is -1.99. The van der Waals surface area contributed by atoms with Crippen molar-refractivity contribution in [3.63, 3.8) is 0 Å². The quantitative estimate of drug-likeness (QED) is 0.540. The van der Waals surface area contributed by atoms with Crippen LogP contribution < -0.4 is 20.6 Å². The Hall–Kier alpha value is -3.03. The van der Waals surface area contributed by atoms with E-state index >= 15 is 0 Å². The number of nitrogens with one attached hydrogen (secondary N) is 1. The maximum Gasteiger partial charge on any atom is 0.307 e. The molecule has 0 aliphatic rings. The maximum atomic E-state index is 11.2. The second-order valence-electron chi connectivity index (χ2n) is 4.97. The fraction of sp³-hybridized carbons (Fsp3) is 0.214. The number of H-pyrrole nitrogens is 1. The number of carbonyl (C=O) groups is 1. The summed E-state index contributed by atoms with van der Waals surface area (Å²) in [6.07, 6.45) is 7.82. The summed E-state index contributed by atoms with van der Waals surface area (Å²) >= 11 is 0. The Morgan fingerprint density at radius 3 is 3.00 bits per heavy atom. The van der Waals surface area contributed by atoms with Gasteiger partial charge < -0.3 is 11.5 Å². The molecule has 3 heterocycles. The normalized spacial score (nSPS) is 10.9. The van der Waals surface area contributed by atoms with E-state index in [4.69, 9.17) is 11.5 Å². The lowest BCUT2D eigenvalue weighted by Crippen LogP contribution is -2.39. The molecule has 0 atom stereocenters. The minimum absolute atomic E-state index is 0.424. The van der Waals surface area contributed by atoms with Gasteiger partial charge in [0.05, 0.1) is 6.54 Å². The van der Waals surface area contributed by atoms with E-state index in [1.165, 1.54) is 6.33 Å². The molecule has 0 bridgehead atoms. The highest BCUT2D eigenvalue weighted by molar-refractivity contribution is 5.92. The van der Waals surface area contributed by atoms with Crippen LogP contribution in [0.1, 0.15) is 16.8 Å². The molecule has 0 saturated carbocycles. The number of hydrogen-bond acceptors (Lipinski definition) is 4. The minimum atomic E-state index is -0.424. The summed E-state index contributed by atoms with van der Waals surface area (Å²) in [4.78, 5) is 22.4. The predicted molar refractivity (Wildman–Crippen MR) is 78.3 cm³/mol. The third kappa shape index (κ3) is 2.71. The number of aromatic nitrogens is 5. The molecule has 0 unspecified atom stereocenters. The average molecular weight is 299 g/mol. The van der Waals surface area contributed by atoms with Gasteiger partial charge in [0.15, 0.2) is 37.4 Å². The van der Waals surface area contributed by atoms with Gasteiger partial charge in [-0.3, -0.25) is 9.78 Å². The van der Waals surface area contributed by atoms with E-state index in [9.17, 15) is 4.79 Å². The first-order chi connectivity index (χ1) is 10.6. The van der Waals surface area contributed by atoms with Crippen LogP contribution in [0.4, 0.5) is 5.82 Å². The maximum absolute atomic E-state index is 11.2. The van der Waals surface area contributed by atoms with E-state index in [1.54, 1.807) is 12.3 Å². The SMILES string of the molecule is NC(=O)c1ccc[n+](CCC[n+]2c[nH]c3c(N)ncnc32)c1. The third-order valence-corrected chi connectivity index (χ3v) is 3.45. The van der Waals surface area contributed by atoms with E-state index in [2.05, 4.69) is 15.0 Å². The number of imidazole rings is 1. The van der Waals surface area contributed by atoms with Crippen LogP contribution in [0.2, 0.25) is 0 Å². The smallest absolute Gasteiger partial charge is 0.307 e. The predicted octanol–water partition coefficient (Wildman–Crippen LogP) is -0.696. The number of pyridine rings is 1. The van der Waals surface area contributed by atoms with Gasteiger partial charge in [0.1, 0.15) is 5.56 Å². The Labute approximate surface area is 126 Å². The molecule has 0 aliphatic heterocycles. The van der Waals surface area contributed by atoms with Crippen molar-refractivity contribution < 1.29 is 13.9 Å². The lowest BCUT2D eigenvalue weighted by atomic mass is 10.2. The zero-order valence-corrected chi connectivity index (χ0v) is 11.9. The Balaban J connectivity index is 1.69. The van der Waals surface area contributed by atoms with Crippen LogP contribution in [0.3, 0.4) is 0 Å². The summed E-state index contributed by atoms with van der Waals surface area (Å²) < 4.78 is 3.94. The van der Waals surface area contributed by atoms with Crippen LogP contribution >= 0.6 is 0 Å². The number of hydrogen-bond donors (Lipinski definition) is 3. The largest absolute Gasteiger partial charge is 0.380 e. The van der Waals surface area contributed by atoms with Gasteiger partial charge in [-0.1, -0.05) is 4.98 Å². The van der Waals surface area contributed by atoms with Crippen LogP contribution in [0.5, 0.6) is 0 Å². The van der Waals surface area contributed by atoms with Crippen LogP contribution in [-0.2, 0) is 13.1 Å². The first-order valence-corrected chi connectivity index (χ1v) is 6.91. The fourth-order valence-corrected chi connectivity index (χ4v) is 2.35. The summed E-state index contributed by atoms with van der Waals surface area (Å²) in [5.74, 6) is 0.0137. The minimum Gasteiger partial charge on any atom is -0.380 e. The summed E-state index contributed by atoms with van der Waals surface area (Å²) in [6, 6.07) is 3.51. The van der Waals surface area contributed by atoms with Gasteiger partial charge in [-0.25, -0.2) is 9.13 Å². The molecule has 1 amide bonds. The van der Waals surface area contributed by atoms with E-state index in [0.717, 1.165) is 30.7 Å². The molecule has 0 spiro atoms. The zero-order chi connectivity index (χ0) is 15.5. The molecule has 3 aromatic heterocycles. The van der Waals surface area contributed by atoms with E-state index < -0.39 is 5.91 Å². The molecular formula is C14H17N7O+2. The first kappa shape index (κ1) is 13.9. The highest BCUT2D eigenvalue weighted by Gasteiger charge is 2.15. The molecule has 0 fully saturated rings. The van der Waals surface area contributed by atoms with Crippen molar-refractivity contribution in [1.29, 1.82) is 0 Å². The highest BCUT2D eigenvalue weighted by atomic mass is 16.1. The molecule has 0 aromatic carbocycles. The molecule has 8 nitrogen and oxygen atoms in total. The van der Waals surface area contributed by atoms with Crippen molar-refractivity contribution in [2.75, 3.05) is 5.73 Å². The van der Waals surface area contributed by atoms with Crippen molar-refractivity contribution in [2.24, 2.45) is 5.73 Å². The molecule has 3 rings (SSSR count). The summed E-state index contributed by atoms with van der Waals surface area (Å²) in [5, 5.41) is 0. The summed E-state index contributed by atoms with van der Waals surface area (Å²) in [7, 11) is 0. The first-order valence-electron chi connectivity index (χ1n) is 6.91. The average Bonchev–Trinajstić information content (AvgIpc) is 2.92. The van der Waals surface area contributed by atoms with Crippen molar-refractivity contribution in [1.82, 2.24) is 15.0 Å². The van der Waals surface area contributed by atoms with Crippen molar-refractivity contribution in [3.8, 4) is 0 Å². The topological polar surface area (TPSA) is 118 Å². The number of nitrogen functional groups attached to an aromatic ring is 1. The Morgan fingerprint density at radius 1 is 1.32 bits per heavy atom. The number of nitrogens with zero attached hydrogens (tertiary/aromatic N) is 4. The standard InChI is InChI=1S/C14H15N7O/c15-12-11-14(18-8-17-12)21(9-19-11)6-2-5-20-4-1-3-10(7-20)13(16)22/h1,3-4,7-9H,2,5-6H2,(H3-,15,16,17,18,22)/p+2. The molecule has 22 heavy (non-hydrogen) atoms. The number of amides is 1.